The third kappa shape index (κ3) is 6.70. The zero-order valence-corrected chi connectivity index (χ0v) is 18.6. The molecule has 0 bridgehead atoms. The number of furan rings is 1. The van der Waals surface area contributed by atoms with Crippen LogP contribution in [-0.4, -0.2) is 55.1 Å². The van der Waals surface area contributed by atoms with E-state index in [-0.39, 0.29) is 24.3 Å². The lowest BCUT2D eigenvalue weighted by molar-refractivity contribution is -0.121. The minimum Gasteiger partial charge on any atom is -0.480 e. The second kappa shape index (κ2) is 11.9. The zero-order valence-electron chi connectivity index (χ0n) is 17.8. The van der Waals surface area contributed by atoms with E-state index in [4.69, 9.17) is 13.9 Å². The highest BCUT2D eigenvalue weighted by Gasteiger charge is 2.14. The Kier molecular flexibility index (Phi) is 9.30. The number of aromatic nitrogens is 2. The first-order chi connectivity index (χ1) is 14.6. The molecule has 1 amide bonds. The van der Waals surface area contributed by atoms with Gasteiger partial charge in [0.2, 0.25) is 11.8 Å². The molecule has 3 aromatic rings. The zero-order chi connectivity index (χ0) is 21.3. The van der Waals surface area contributed by atoms with E-state index >= 15 is 0 Å². The van der Waals surface area contributed by atoms with Crippen LogP contribution >= 0.6 is 12.4 Å². The van der Waals surface area contributed by atoms with Gasteiger partial charge in [0.15, 0.2) is 0 Å². The quantitative estimate of drug-likeness (QED) is 0.512. The number of carbonyl (C=O) groups excluding carboxylic acids is 1. The number of methoxy groups -OCH3 is 2. The van der Waals surface area contributed by atoms with Gasteiger partial charge in [-0.2, -0.15) is 4.98 Å². The van der Waals surface area contributed by atoms with E-state index in [0.717, 1.165) is 28.9 Å². The molecular weight excluding hydrogens is 420 g/mol. The molecule has 0 aliphatic heterocycles. The van der Waals surface area contributed by atoms with Crippen LogP contribution in [0.15, 0.2) is 53.3 Å². The van der Waals surface area contributed by atoms with Gasteiger partial charge in [-0.3, -0.25) is 9.69 Å². The summed E-state index contributed by atoms with van der Waals surface area (Å²) >= 11 is 0. The van der Waals surface area contributed by atoms with Gasteiger partial charge in [0.25, 0.3) is 0 Å². The molecule has 0 radical (unpaired) electrons. The maximum absolute atomic E-state index is 11.9. The lowest BCUT2D eigenvalue weighted by atomic mass is 10.0. The molecule has 0 spiro atoms. The van der Waals surface area contributed by atoms with Crippen molar-refractivity contribution < 1.29 is 18.7 Å². The van der Waals surface area contributed by atoms with Crippen LogP contribution in [0.5, 0.6) is 11.9 Å². The van der Waals surface area contributed by atoms with Crippen LogP contribution in [0.1, 0.15) is 11.3 Å². The van der Waals surface area contributed by atoms with Crippen molar-refractivity contribution in [2.45, 2.75) is 13.0 Å². The summed E-state index contributed by atoms with van der Waals surface area (Å²) in [6, 6.07) is 12.1. The van der Waals surface area contributed by atoms with Crippen molar-refractivity contribution >= 4 is 18.3 Å². The van der Waals surface area contributed by atoms with Crippen molar-refractivity contribution in [3.63, 3.8) is 0 Å². The lowest BCUT2D eigenvalue weighted by Gasteiger charge is -2.20. The summed E-state index contributed by atoms with van der Waals surface area (Å²) in [5, 5.41) is 2.68. The number of likely N-dealkylation sites (N-methyl/N-ethyl adjacent to an activating group) is 1. The molecule has 9 heteroatoms. The van der Waals surface area contributed by atoms with Crippen LogP contribution in [-0.2, 0) is 17.8 Å². The summed E-state index contributed by atoms with van der Waals surface area (Å²) in [5.74, 6) is 1.25. The summed E-state index contributed by atoms with van der Waals surface area (Å²) in [6.07, 6.45) is 4.10. The molecule has 3 rings (SSSR count). The first-order valence-electron chi connectivity index (χ1n) is 9.62. The van der Waals surface area contributed by atoms with Crippen molar-refractivity contribution in [2.75, 3.05) is 34.4 Å². The average molecular weight is 447 g/mol. The first kappa shape index (κ1) is 24.2. The Morgan fingerprint density at radius 1 is 1.19 bits per heavy atom. The molecule has 0 saturated carbocycles. The van der Waals surface area contributed by atoms with Crippen molar-refractivity contribution in [1.29, 1.82) is 0 Å². The molecule has 0 unspecified atom stereocenters. The monoisotopic (exact) mass is 446 g/mol. The number of hydrogen-bond acceptors (Lipinski definition) is 7. The second-order valence-electron chi connectivity index (χ2n) is 6.69. The van der Waals surface area contributed by atoms with Crippen LogP contribution < -0.4 is 14.8 Å². The predicted octanol–water partition coefficient (Wildman–Crippen LogP) is 2.97. The maximum Gasteiger partial charge on any atom is 0.319 e. The smallest absolute Gasteiger partial charge is 0.319 e. The Morgan fingerprint density at radius 3 is 2.71 bits per heavy atom. The number of ether oxygens (including phenoxy) is 2. The van der Waals surface area contributed by atoms with Crippen LogP contribution in [0.3, 0.4) is 0 Å². The largest absolute Gasteiger partial charge is 0.480 e. The van der Waals surface area contributed by atoms with E-state index in [0.29, 0.717) is 25.5 Å². The Balaban J connectivity index is 0.00000341. The molecule has 166 valence electrons. The fraction of sp³-hybridized carbons (Fsp3) is 0.318. The Morgan fingerprint density at radius 2 is 2.03 bits per heavy atom. The number of carbonyl (C=O) groups is 1. The number of rotatable bonds is 10. The Labute approximate surface area is 188 Å². The number of hydrogen-bond donors (Lipinski definition) is 1. The number of benzene rings is 1. The van der Waals surface area contributed by atoms with Crippen LogP contribution in [0.4, 0.5) is 0 Å². The molecule has 0 aliphatic rings. The Bertz CT molecular complexity index is 966. The van der Waals surface area contributed by atoms with Gasteiger partial charge in [-0.05, 0) is 29.7 Å². The maximum atomic E-state index is 11.9. The topological polar surface area (TPSA) is 89.7 Å². The molecule has 0 saturated heterocycles. The molecule has 1 aromatic carbocycles. The number of nitrogens with zero attached hydrogens (tertiary/aromatic N) is 3. The summed E-state index contributed by atoms with van der Waals surface area (Å²) in [4.78, 5) is 22.4. The number of halogens is 1. The minimum atomic E-state index is -0.0320. The van der Waals surface area contributed by atoms with E-state index in [9.17, 15) is 4.79 Å². The van der Waals surface area contributed by atoms with Gasteiger partial charge >= 0.3 is 6.01 Å². The summed E-state index contributed by atoms with van der Waals surface area (Å²) in [7, 11) is 4.73. The van der Waals surface area contributed by atoms with Crippen molar-refractivity contribution in [2.24, 2.45) is 0 Å². The summed E-state index contributed by atoms with van der Waals surface area (Å²) in [6.45, 7) is 1.57. The Hall–Kier alpha value is -3.10. The number of amides is 1. The average Bonchev–Trinajstić information content (AvgIpc) is 3.30. The molecule has 2 aromatic heterocycles. The van der Waals surface area contributed by atoms with Gasteiger partial charge in [0.05, 0.1) is 39.1 Å². The van der Waals surface area contributed by atoms with Gasteiger partial charge in [-0.15, -0.1) is 12.4 Å². The van der Waals surface area contributed by atoms with Crippen LogP contribution in [0.25, 0.3) is 11.1 Å². The molecular formula is C22H27ClN4O4. The van der Waals surface area contributed by atoms with Gasteiger partial charge in [0, 0.05) is 19.8 Å². The van der Waals surface area contributed by atoms with E-state index in [1.165, 1.54) is 7.11 Å². The van der Waals surface area contributed by atoms with Gasteiger partial charge < -0.3 is 19.2 Å². The molecule has 31 heavy (non-hydrogen) atoms. The minimum absolute atomic E-state index is 0. The summed E-state index contributed by atoms with van der Waals surface area (Å²) in [5.41, 5.74) is 2.88. The normalized spacial score (nSPS) is 10.5. The SMILES string of the molecule is CNC(=O)CN(CCc1cccc(-c2cnc(OC)nc2OC)c1)Cc1ccco1.Cl. The van der Waals surface area contributed by atoms with E-state index in [2.05, 4.69) is 32.3 Å². The van der Waals surface area contributed by atoms with Gasteiger partial charge in [-0.1, -0.05) is 24.3 Å². The van der Waals surface area contributed by atoms with Gasteiger partial charge in [-0.25, -0.2) is 4.98 Å². The van der Waals surface area contributed by atoms with Crippen LogP contribution in [0, 0.1) is 0 Å². The predicted molar refractivity (Wildman–Crippen MR) is 120 cm³/mol. The van der Waals surface area contributed by atoms with Crippen molar-refractivity contribution in [3.8, 4) is 23.0 Å². The highest BCUT2D eigenvalue weighted by Crippen LogP contribution is 2.29. The molecule has 0 fully saturated rings. The third-order valence-electron chi connectivity index (χ3n) is 4.67. The third-order valence-corrected chi connectivity index (χ3v) is 4.67. The fourth-order valence-electron chi connectivity index (χ4n) is 3.10. The fourth-order valence-corrected chi connectivity index (χ4v) is 3.10. The van der Waals surface area contributed by atoms with E-state index in [1.54, 1.807) is 26.6 Å². The standard InChI is InChI=1S/C22H26N4O4.ClH/c1-23-20(27)15-26(14-18-8-5-11-30-18)10-9-16-6-4-7-17(12-16)19-13-24-22(29-3)25-21(19)28-2;/h4-8,11-13H,9-10,14-15H2,1-3H3,(H,23,27);1H. The van der Waals surface area contributed by atoms with Crippen LogP contribution in [0.2, 0.25) is 0 Å². The van der Waals surface area contributed by atoms with Crippen molar-refractivity contribution in [1.82, 2.24) is 20.2 Å². The molecule has 1 N–H and O–H groups in total. The molecule has 0 aliphatic carbocycles. The molecule has 0 atom stereocenters. The van der Waals surface area contributed by atoms with E-state index < -0.39 is 0 Å². The second-order valence-corrected chi connectivity index (χ2v) is 6.69. The molecule has 8 nitrogen and oxygen atoms in total. The first-order valence-corrected chi connectivity index (χ1v) is 9.62. The molecule has 2 heterocycles. The van der Waals surface area contributed by atoms with Crippen molar-refractivity contribution in [3.05, 3.63) is 60.2 Å². The summed E-state index contributed by atoms with van der Waals surface area (Å²) < 4.78 is 15.9. The van der Waals surface area contributed by atoms with Gasteiger partial charge in [0.1, 0.15) is 5.76 Å². The lowest BCUT2D eigenvalue weighted by Crippen LogP contribution is -2.36. The highest BCUT2D eigenvalue weighted by molar-refractivity contribution is 5.85. The number of nitrogens with one attached hydrogen (secondary N) is 1. The van der Waals surface area contributed by atoms with E-state index in [1.807, 2.05) is 24.3 Å². The highest BCUT2D eigenvalue weighted by atomic mass is 35.5.